The largest absolute Gasteiger partial charge is 0.495 e. The molecular weight excluding hydrogens is 236 g/mol. The molecule has 1 heterocycles. The van der Waals surface area contributed by atoms with Crippen LogP contribution in [-0.4, -0.2) is 18.8 Å². The summed E-state index contributed by atoms with van der Waals surface area (Å²) in [7, 11) is 0. The van der Waals surface area contributed by atoms with Gasteiger partial charge in [-0.1, -0.05) is 13.8 Å². The molecule has 5 unspecified atom stereocenters. The number of ether oxygens (including phenoxy) is 2. The van der Waals surface area contributed by atoms with E-state index in [2.05, 4.69) is 27.7 Å². The molecule has 3 aliphatic rings. The summed E-state index contributed by atoms with van der Waals surface area (Å²) >= 11 is 0. The first-order valence-electron chi connectivity index (χ1n) is 8.12. The smallest absolute Gasteiger partial charge is 0.0961 e. The van der Waals surface area contributed by atoms with Crippen LogP contribution >= 0.6 is 0 Å². The van der Waals surface area contributed by atoms with Gasteiger partial charge < -0.3 is 9.47 Å². The summed E-state index contributed by atoms with van der Waals surface area (Å²) in [4.78, 5) is 0. The van der Waals surface area contributed by atoms with Crippen LogP contribution in [0.1, 0.15) is 53.4 Å². The quantitative estimate of drug-likeness (QED) is 0.762. The van der Waals surface area contributed by atoms with Crippen LogP contribution in [0.2, 0.25) is 0 Å². The Hall–Kier alpha value is -0.500. The second-order valence-electron chi connectivity index (χ2n) is 6.87. The summed E-state index contributed by atoms with van der Waals surface area (Å²) in [6, 6.07) is 0. The third-order valence-electron chi connectivity index (χ3n) is 5.81. The molecule has 6 atom stereocenters. The van der Waals surface area contributed by atoms with E-state index in [1.54, 1.807) is 5.57 Å². The number of hydrogen-bond donors (Lipinski definition) is 0. The topological polar surface area (TPSA) is 18.5 Å². The molecule has 0 amide bonds. The van der Waals surface area contributed by atoms with E-state index in [1.165, 1.54) is 25.0 Å². The molecule has 1 saturated heterocycles. The minimum absolute atomic E-state index is 0.370. The van der Waals surface area contributed by atoms with Crippen LogP contribution in [0.4, 0.5) is 0 Å². The predicted octanol–water partition coefficient (Wildman–Crippen LogP) is 4.16. The summed E-state index contributed by atoms with van der Waals surface area (Å²) in [5, 5.41) is 0. The van der Waals surface area contributed by atoms with Gasteiger partial charge in [0.05, 0.1) is 18.0 Å². The molecule has 2 fully saturated rings. The van der Waals surface area contributed by atoms with E-state index in [0.717, 1.165) is 30.8 Å². The van der Waals surface area contributed by atoms with Crippen molar-refractivity contribution in [3.63, 3.8) is 0 Å². The van der Waals surface area contributed by atoms with Crippen LogP contribution in [0.3, 0.4) is 0 Å². The first-order chi connectivity index (χ1) is 9.11. The van der Waals surface area contributed by atoms with Crippen LogP contribution in [-0.2, 0) is 9.47 Å². The van der Waals surface area contributed by atoms with Gasteiger partial charge in [-0.25, -0.2) is 0 Å². The van der Waals surface area contributed by atoms with Gasteiger partial charge in [-0.05, 0) is 62.4 Å². The molecular formula is C17H28O2. The molecule has 2 bridgehead atoms. The lowest BCUT2D eigenvalue weighted by Crippen LogP contribution is -2.29. The highest BCUT2D eigenvalue weighted by atomic mass is 16.5. The van der Waals surface area contributed by atoms with E-state index in [-0.39, 0.29) is 0 Å². The molecule has 0 aromatic rings. The van der Waals surface area contributed by atoms with Crippen LogP contribution in [0, 0.1) is 23.7 Å². The van der Waals surface area contributed by atoms with Crippen molar-refractivity contribution < 1.29 is 9.47 Å². The zero-order valence-corrected chi connectivity index (χ0v) is 12.8. The van der Waals surface area contributed by atoms with Gasteiger partial charge in [0, 0.05) is 13.0 Å². The summed E-state index contributed by atoms with van der Waals surface area (Å²) in [6.07, 6.45) is 5.62. The first kappa shape index (κ1) is 13.5. The van der Waals surface area contributed by atoms with Gasteiger partial charge >= 0.3 is 0 Å². The monoisotopic (exact) mass is 264 g/mol. The Labute approximate surface area is 117 Å². The highest BCUT2D eigenvalue weighted by Gasteiger charge is 2.50. The molecule has 19 heavy (non-hydrogen) atoms. The fraction of sp³-hybridized carbons (Fsp3) is 0.882. The Bertz CT molecular complexity index is 371. The molecule has 2 nitrogen and oxygen atoms in total. The van der Waals surface area contributed by atoms with Crippen LogP contribution < -0.4 is 0 Å². The number of fused-ring (bicyclic) bond motifs is 5. The molecule has 0 N–H and O–H groups in total. The zero-order valence-electron chi connectivity index (χ0n) is 12.8. The summed E-state index contributed by atoms with van der Waals surface area (Å²) in [5.41, 5.74) is 1.65. The van der Waals surface area contributed by atoms with Crippen molar-refractivity contribution in [1.82, 2.24) is 0 Å². The number of rotatable bonds is 3. The van der Waals surface area contributed by atoms with E-state index in [0.29, 0.717) is 18.1 Å². The van der Waals surface area contributed by atoms with Crippen LogP contribution in [0.5, 0.6) is 0 Å². The van der Waals surface area contributed by atoms with Gasteiger partial charge in [0.2, 0.25) is 0 Å². The van der Waals surface area contributed by atoms with Crippen molar-refractivity contribution >= 4 is 0 Å². The minimum atomic E-state index is 0.370. The molecule has 1 saturated carbocycles. The fourth-order valence-electron chi connectivity index (χ4n) is 4.42. The Balaban J connectivity index is 1.84. The van der Waals surface area contributed by atoms with E-state index in [4.69, 9.17) is 9.47 Å². The number of hydrogen-bond acceptors (Lipinski definition) is 2. The standard InChI is InChI=1S/C17H28O2/c1-5-10(2)19-16-9-13-8-15(16)17-11(3)12(4)18-7-6-14(13)17/h10-14,17H,5-9H2,1-4H3/t10?,11-,12?,13?,14?,17?/m1/s1. The normalized spacial score (nSPS) is 43.1. The second kappa shape index (κ2) is 5.12. The molecule has 0 aromatic heterocycles. The Kier molecular flexibility index (Phi) is 3.63. The van der Waals surface area contributed by atoms with Gasteiger partial charge in [-0.3, -0.25) is 0 Å². The maximum absolute atomic E-state index is 6.21. The van der Waals surface area contributed by atoms with Gasteiger partial charge in [-0.2, -0.15) is 0 Å². The maximum atomic E-state index is 6.21. The van der Waals surface area contributed by atoms with Gasteiger partial charge in [0.1, 0.15) is 0 Å². The van der Waals surface area contributed by atoms with Gasteiger partial charge in [0.25, 0.3) is 0 Å². The number of allylic oxidation sites excluding steroid dienone is 2. The van der Waals surface area contributed by atoms with Gasteiger partial charge in [-0.15, -0.1) is 0 Å². The summed E-state index contributed by atoms with van der Waals surface area (Å²) in [6.45, 7) is 9.98. The predicted molar refractivity (Wildman–Crippen MR) is 76.8 cm³/mol. The van der Waals surface area contributed by atoms with Gasteiger partial charge in [0.15, 0.2) is 0 Å². The van der Waals surface area contributed by atoms with E-state index < -0.39 is 0 Å². The summed E-state index contributed by atoms with van der Waals surface area (Å²) < 4.78 is 12.2. The third-order valence-corrected chi connectivity index (χ3v) is 5.81. The average Bonchev–Trinajstić information content (AvgIpc) is 2.90. The SMILES string of the molecule is CCC(C)OC1=C2CC(C1)C1CCOC(C)[C@@H](C)C21. The maximum Gasteiger partial charge on any atom is 0.0961 e. The highest BCUT2D eigenvalue weighted by molar-refractivity contribution is 5.28. The molecule has 0 aromatic carbocycles. The highest BCUT2D eigenvalue weighted by Crippen LogP contribution is 2.57. The minimum Gasteiger partial charge on any atom is -0.495 e. The van der Waals surface area contributed by atoms with Crippen molar-refractivity contribution in [2.75, 3.05) is 6.61 Å². The van der Waals surface area contributed by atoms with Crippen molar-refractivity contribution in [1.29, 1.82) is 0 Å². The van der Waals surface area contributed by atoms with E-state index in [1.807, 2.05) is 0 Å². The molecule has 108 valence electrons. The second-order valence-corrected chi connectivity index (χ2v) is 6.87. The average molecular weight is 264 g/mol. The molecule has 0 radical (unpaired) electrons. The Morgan fingerprint density at radius 2 is 2.11 bits per heavy atom. The summed E-state index contributed by atoms with van der Waals surface area (Å²) in [5.74, 6) is 4.43. The molecule has 1 aliphatic heterocycles. The van der Waals surface area contributed by atoms with Crippen molar-refractivity contribution in [2.24, 2.45) is 23.7 Å². The molecule has 3 rings (SSSR count). The molecule has 2 aliphatic carbocycles. The molecule has 2 heteroatoms. The molecule has 0 spiro atoms. The van der Waals surface area contributed by atoms with Crippen molar-refractivity contribution in [2.45, 2.75) is 65.6 Å². The lowest BCUT2D eigenvalue weighted by atomic mass is 9.74. The lowest BCUT2D eigenvalue weighted by Gasteiger charge is -2.33. The lowest BCUT2D eigenvalue weighted by molar-refractivity contribution is 0.0361. The fourth-order valence-corrected chi connectivity index (χ4v) is 4.42. The Morgan fingerprint density at radius 1 is 1.32 bits per heavy atom. The third kappa shape index (κ3) is 2.22. The van der Waals surface area contributed by atoms with Crippen LogP contribution in [0.15, 0.2) is 11.3 Å². The zero-order chi connectivity index (χ0) is 13.6. The van der Waals surface area contributed by atoms with Crippen molar-refractivity contribution in [3.05, 3.63) is 11.3 Å². The van der Waals surface area contributed by atoms with Crippen molar-refractivity contribution in [3.8, 4) is 0 Å². The van der Waals surface area contributed by atoms with E-state index in [9.17, 15) is 0 Å². The first-order valence-corrected chi connectivity index (χ1v) is 8.12. The van der Waals surface area contributed by atoms with Crippen LogP contribution in [0.25, 0.3) is 0 Å². The Morgan fingerprint density at radius 3 is 2.84 bits per heavy atom. The van der Waals surface area contributed by atoms with E-state index >= 15 is 0 Å².